The van der Waals surface area contributed by atoms with Crippen LogP contribution in [0.1, 0.15) is 58.3 Å². The number of rotatable bonds is 11. The molecule has 0 amide bonds. The number of aliphatic hydroxyl groups is 1. The standard InChI is InChI=1S/C20H32O4/c1-2-3-4-7-18(21)8-11-20-10-5-6-17(20)13-16(14-20)9-12-24-15-19(22)23/h5,8,10-11,16-18,21H,2-4,6-7,9,12-15H2,1H3,(H,22,23)/t16-,17+,18?,20-/m0/s1. The highest BCUT2D eigenvalue weighted by atomic mass is 16.5. The molecule has 2 N–H and O–H groups in total. The number of carboxylic acids is 1. The van der Waals surface area contributed by atoms with E-state index in [2.05, 4.69) is 25.2 Å². The molecule has 2 aliphatic carbocycles. The fraction of sp³-hybridized carbons (Fsp3) is 0.750. The first-order valence-electron chi connectivity index (χ1n) is 9.40. The van der Waals surface area contributed by atoms with E-state index in [9.17, 15) is 9.90 Å². The topological polar surface area (TPSA) is 66.8 Å². The van der Waals surface area contributed by atoms with Gasteiger partial charge >= 0.3 is 5.97 Å². The summed E-state index contributed by atoms with van der Waals surface area (Å²) < 4.78 is 5.19. The van der Waals surface area contributed by atoms with Crippen LogP contribution in [-0.4, -0.2) is 35.5 Å². The third kappa shape index (κ3) is 5.45. The first-order chi connectivity index (χ1) is 11.6. The Hall–Kier alpha value is -1.13. The van der Waals surface area contributed by atoms with Gasteiger partial charge in [-0.25, -0.2) is 4.79 Å². The number of carboxylic acid groups (broad SMARTS) is 1. The van der Waals surface area contributed by atoms with Crippen molar-refractivity contribution >= 4 is 5.97 Å². The molecular weight excluding hydrogens is 304 g/mol. The number of hydrogen-bond acceptors (Lipinski definition) is 3. The molecule has 0 aromatic heterocycles. The van der Waals surface area contributed by atoms with Gasteiger partial charge in [0.1, 0.15) is 6.61 Å². The summed E-state index contributed by atoms with van der Waals surface area (Å²) in [6.45, 7) is 2.49. The van der Waals surface area contributed by atoms with Crippen LogP contribution in [0.15, 0.2) is 24.3 Å². The minimum Gasteiger partial charge on any atom is -0.480 e. The van der Waals surface area contributed by atoms with Crippen molar-refractivity contribution in [2.75, 3.05) is 13.2 Å². The largest absolute Gasteiger partial charge is 0.480 e. The highest BCUT2D eigenvalue weighted by molar-refractivity contribution is 5.67. The number of aliphatic carboxylic acids is 1. The summed E-state index contributed by atoms with van der Waals surface area (Å²) in [6, 6.07) is 0. The second kappa shape index (κ2) is 9.38. The molecule has 24 heavy (non-hydrogen) atoms. The Morgan fingerprint density at radius 2 is 2.29 bits per heavy atom. The first-order valence-corrected chi connectivity index (χ1v) is 9.40. The first kappa shape index (κ1) is 19.2. The van der Waals surface area contributed by atoms with Crippen LogP contribution >= 0.6 is 0 Å². The lowest BCUT2D eigenvalue weighted by Crippen LogP contribution is -2.17. The van der Waals surface area contributed by atoms with Crippen LogP contribution in [-0.2, 0) is 9.53 Å². The van der Waals surface area contributed by atoms with Gasteiger partial charge in [-0.2, -0.15) is 0 Å². The second-order valence-corrected chi connectivity index (χ2v) is 7.41. The molecule has 4 heteroatoms. The molecule has 2 rings (SSSR count). The Bertz CT molecular complexity index is 457. The molecule has 4 nitrogen and oxygen atoms in total. The molecule has 0 spiro atoms. The Morgan fingerprint density at radius 1 is 1.46 bits per heavy atom. The van der Waals surface area contributed by atoms with Gasteiger partial charge in [-0.3, -0.25) is 0 Å². The predicted octanol–water partition coefficient (Wildman–Crippen LogP) is 3.95. The van der Waals surface area contributed by atoms with E-state index in [4.69, 9.17) is 9.84 Å². The fourth-order valence-electron chi connectivity index (χ4n) is 4.22. The van der Waals surface area contributed by atoms with E-state index in [-0.39, 0.29) is 18.1 Å². The molecular formula is C20H32O4. The van der Waals surface area contributed by atoms with Gasteiger partial charge in [0.2, 0.25) is 0 Å². The maximum atomic E-state index is 10.5. The number of fused-ring (bicyclic) bond motifs is 1. The van der Waals surface area contributed by atoms with E-state index < -0.39 is 5.97 Å². The lowest BCUT2D eigenvalue weighted by molar-refractivity contribution is -0.142. The molecule has 1 saturated carbocycles. The normalized spacial score (nSPS) is 30.1. The van der Waals surface area contributed by atoms with E-state index in [1.807, 2.05) is 6.08 Å². The Labute approximate surface area is 145 Å². The highest BCUT2D eigenvalue weighted by Gasteiger charge is 2.45. The van der Waals surface area contributed by atoms with Crippen LogP contribution in [0.2, 0.25) is 0 Å². The van der Waals surface area contributed by atoms with E-state index in [1.165, 1.54) is 19.3 Å². The van der Waals surface area contributed by atoms with Gasteiger partial charge in [-0.05, 0) is 43.9 Å². The van der Waals surface area contributed by atoms with Crippen molar-refractivity contribution in [3.63, 3.8) is 0 Å². The molecule has 1 fully saturated rings. The van der Waals surface area contributed by atoms with Gasteiger partial charge in [0.15, 0.2) is 0 Å². The number of hydrogen-bond donors (Lipinski definition) is 2. The van der Waals surface area contributed by atoms with Crippen LogP contribution in [0.5, 0.6) is 0 Å². The zero-order valence-electron chi connectivity index (χ0n) is 14.8. The minimum absolute atomic E-state index is 0.100. The number of ether oxygens (including phenoxy) is 1. The van der Waals surface area contributed by atoms with Crippen molar-refractivity contribution in [1.29, 1.82) is 0 Å². The summed E-state index contributed by atoms with van der Waals surface area (Å²) in [5, 5.41) is 18.8. The molecule has 0 saturated heterocycles. The van der Waals surface area contributed by atoms with Crippen LogP contribution in [0.4, 0.5) is 0 Å². The van der Waals surface area contributed by atoms with Crippen molar-refractivity contribution in [2.45, 2.75) is 64.4 Å². The minimum atomic E-state index is -0.905. The molecule has 0 aliphatic heterocycles. The van der Waals surface area contributed by atoms with E-state index >= 15 is 0 Å². The molecule has 0 aromatic rings. The Kier molecular flexibility index (Phi) is 7.50. The SMILES string of the molecule is CCCCCC(O)C=C[C@]12C=CC[C@@H]1C[C@H](CCOCC(=O)O)C2. The fourth-order valence-corrected chi connectivity index (χ4v) is 4.22. The number of unbranched alkanes of at least 4 members (excludes halogenated alkanes) is 2. The van der Waals surface area contributed by atoms with Crippen LogP contribution in [0.3, 0.4) is 0 Å². The zero-order chi connectivity index (χ0) is 17.4. The van der Waals surface area contributed by atoms with Gasteiger partial charge in [0.05, 0.1) is 6.10 Å². The summed E-state index contributed by atoms with van der Waals surface area (Å²) in [7, 11) is 0. The molecule has 0 bridgehead atoms. The molecule has 0 aromatic carbocycles. The molecule has 0 heterocycles. The lowest BCUT2D eigenvalue weighted by Gasteiger charge is -2.24. The van der Waals surface area contributed by atoms with Crippen molar-refractivity contribution in [3.8, 4) is 0 Å². The molecule has 4 atom stereocenters. The van der Waals surface area contributed by atoms with Gasteiger partial charge in [0, 0.05) is 12.0 Å². The average molecular weight is 336 g/mol. The maximum absolute atomic E-state index is 10.5. The third-order valence-electron chi connectivity index (χ3n) is 5.50. The predicted molar refractivity (Wildman–Crippen MR) is 94.8 cm³/mol. The monoisotopic (exact) mass is 336 g/mol. The van der Waals surface area contributed by atoms with Crippen molar-refractivity contribution in [1.82, 2.24) is 0 Å². The van der Waals surface area contributed by atoms with E-state index in [0.717, 1.165) is 32.1 Å². The van der Waals surface area contributed by atoms with E-state index in [1.54, 1.807) is 0 Å². The van der Waals surface area contributed by atoms with E-state index in [0.29, 0.717) is 18.4 Å². The van der Waals surface area contributed by atoms with Gasteiger partial charge in [0.25, 0.3) is 0 Å². The van der Waals surface area contributed by atoms with Crippen LogP contribution in [0.25, 0.3) is 0 Å². The second-order valence-electron chi connectivity index (χ2n) is 7.41. The summed E-state index contributed by atoms with van der Waals surface area (Å²) in [5.41, 5.74) is 0.100. The summed E-state index contributed by atoms with van der Waals surface area (Å²) in [6.07, 6.45) is 17.1. The molecule has 136 valence electrons. The number of carbonyl (C=O) groups is 1. The highest BCUT2D eigenvalue weighted by Crippen LogP contribution is 2.54. The number of allylic oxidation sites excluding steroid dienone is 3. The quantitative estimate of drug-likeness (QED) is 0.443. The molecule has 0 radical (unpaired) electrons. The summed E-state index contributed by atoms with van der Waals surface area (Å²) >= 11 is 0. The van der Waals surface area contributed by atoms with Crippen LogP contribution in [0, 0.1) is 17.3 Å². The Balaban J connectivity index is 1.81. The van der Waals surface area contributed by atoms with Gasteiger partial charge < -0.3 is 14.9 Å². The average Bonchev–Trinajstić information content (AvgIpc) is 3.06. The summed E-state index contributed by atoms with van der Waals surface area (Å²) in [4.78, 5) is 10.5. The zero-order valence-corrected chi connectivity index (χ0v) is 14.8. The van der Waals surface area contributed by atoms with Crippen molar-refractivity contribution in [2.24, 2.45) is 17.3 Å². The smallest absolute Gasteiger partial charge is 0.329 e. The molecule has 2 aliphatic rings. The van der Waals surface area contributed by atoms with Crippen molar-refractivity contribution < 1.29 is 19.7 Å². The maximum Gasteiger partial charge on any atom is 0.329 e. The molecule has 1 unspecified atom stereocenters. The van der Waals surface area contributed by atoms with Crippen molar-refractivity contribution in [3.05, 3.63) is 24.3 Å². The Morgan fingerprint density at radius 3 is 3.04 bits per heavy atom. The third-order valence-corrected chi connectivity index (χ3v) is 5.50. The van der Waals surface area contributed by atoms with Gasteiger partial charge in [-0.1, -0.05) is 50.5 Å². The number of aliphatic hydroxyl groups excluding tert-OH is 1. The van der Waals surface area contributed by atoms with Crippen LogP contribution < -0.4 is 0 Å². The summed E-state index contributed by atoms with van der Waals surface area (Å²) in [5.74, 6) is 0.300. The van der Waals surface area contributed by atoms with Gasteiger partial charge in [-0.15, -0.1) is 0 Å². The lowest BCUT2D eigenvalue weighted by atomic mass is 9.80.